The van der Waals surface area contributed by atoms with Gasteiger partial charge in [-0.2, -0.15) is 28.2 Å². The van der Waals surface area contributed by atoms with Crippen molar-refractivity contribution in [2.24, 2.45) is 0 Å². The smallest absolute Gasteiger partial charge is 0.350 e. The molecular weight excluding hydrogens is 524 g/mol. The summed E-state index contributed by atoms with van der Waals surface area (Å²) in [6, 6.07) is 16.8. The van der Waals surface area contributed by atoms with Crippen molar-refractivity contribution in [3.63, 3.8) is 0 Å². The van der Waals surface area contributed by atoms with E-state index in [9.17, 15) is 18.0 Å². The zero-order valence-corrected chi connectivity index (χ0v) is 20.1. The van der Waals surface area contributed by atoms with Gasteiger partial charge in [0.05, 0.1) is 10.6 Å². The predicted octanol–water partition coefficient (Wildman–Crippen LogP) is 6.91. The van der Waals surface area contributed by atoms with Crippen LogP contribution in [0, 0.1) is 0 Å². The summed E-state index contributed by atoms with van der Waals surface area (Å²) < 4.78 is 39.6. The Morgan fingerprint density at radius 3 is 2.23 bits per heavy atom. The lowest BCUT2D eigenvalue weighted by Crippen LogP contribution is -2.29. The second-order valence-corrected chi connectivity index (χ2v) is 8.77. The van der Waals surface area contributed by atoms with Crippen LogP contribution in [-0.2, 0) is 24.1 Å². The van der Waals surface area contributed by atoms with Gasteiger partial charge in [-0.05, 0) is 42.0 Å². The van der Waals surface area contributed by atoms with Gasteiger partial charge in [0, 0.05) is 27.7 Å². The summed E-state index contributed by atoms with van der Waals surface area (Å²) in [5.74, 6) is -0.562. The van der Waals surface area contributed by atoms with Gasteiger partial charge < -0.3 is 5.32 Å². The number of carbonyl (C=O) groups excluding carboxylic acids is 1. The Morgan fingerprint density at radius 1 is 0.886 bits per heavy atom. The first-order valence-corrected chi connectivity index (χ1v) is 11.3. The molecule has 0 unspecified atom stereocenters. The number of alkyl halides is 3. The minimum atomic E-state index is -4.52. The molecule has 0 spiro atoms. The number of halogens is 6. The second-order valence-electron chi connectivity index (χ2n) is 7.49. The maximum absolute atomic E-state index is 13.2. The van der Waals surface area contributed by atoms with Crippen molar-refractivity contribution >= 4 is 40.7 Å². The Labute approximate surface area is 213 Å². The molecule has 0 saturated heterocycles. The van der Waals surface area contributed by atoms with E-state index in [0.717, 1.165) is 10.9 Å². The largest absolute Gasteiger partial charge is 0.416 e. The van der Waals surface area contributed by atoms with Crippen LogP contribution < -0.4 is 5.32 Å². The van der Waals surface area contributed by atoms with Gasteiger partial charge in [-0.3, -0.25) is 4.79 Å². The monoisotopic (exact) mass is 538 g/mol. The molecule has 0 aliphatic heterocycles. The number of hydrogen-bond acceptors (Lipinski definition) is 3. The molecule has 0 fully saturated rings. The molecule has 0 aliphatic rings. The Bertz CT molecular complexity index is 1370. The lowest BCUT2D eigenvalue weighted by Gasteiger charge is -2.13. The summed E-state index contributed by atoms with van der Waals surface area (Å²) in [7, 11) is 0. The Kier molecular flexibility index (Phi) is 7.35. The van der Waals surface area contributed by atoms with Crippen molar-refractivity contribution in [3.8, 4) is 22.5 Å². The van der Waals surface area contributed by atoms with E-state index in [1.54, 1.807) is 42.5 Å². The number of hydrogen-bond donors (Lipinski definition) is 1. The third kappa shape index (κ3) is 5.96. The maximum Gasteiger partial charge on any atom is 0.416 e. The zero-order valence-electron chi connectivity index (χ0n) is 17.8. The normalized spacial score (nSPS) is 11.5. The molecule has 3 aromatic carbocycles. The molecule has 4 rings (SSSR count). The molecule has 0 radical (unpaired) electrons. The van der Waals surface area contributed by atoms with E-state index in [4.69, 9.17) is 34.8 Å². The summed E-state index contributed by atoms with van der Waals surface area (Å²) in [4.78, 5) is 13.7. The molecule has 0 aliphatic carbocycles. The number of carbonyl (C=O) groups is 1. The zero-order chi connectivity index (χ0) is 25.2. The molecule has 5 nitrogen and oxygen atoms in total. The molecule has 35 heavy (non-hydrogen) atoms. The van der Waals surface area contributed by atoms with Gasteiger partial charge >= 0.3 is 6.18 Å². The van der Waals surface area contributed by atoms with E-state index in [0.29, 0.717) is 37.6 Å². The van der Waals surface area contributed by atoms with Crippen LogP contribution in [0.3, 0.4) is 0 Å². The van der Waals surface area contributed by atoms with E-state index in [-0.39, 0.29) is 18.7 Å². The van der Waals surface area contributed by atoms with Crippen LogP contribution in [0.5, 0.6) is 0 Å². The quantitative estimate of drug-likeness (QED) is 0.290. The van der Waals surface area contributed by atoms with E-state index < -0.39 is 17.6 Å². The topological polar surface area (TPSA) is 59.8 Å². The molecule has 0 saturated carbocycles. The third-order valence-corrected chi connectivity index (χ3v) is 5.84. The van der Waals surface area contributed by atoms with E-state index in [1.165, 1.54) is 18.2 Å². The van der Waals surface area contributed by atoms with Crippen LogP contribution in [0.4, 0.5) is 13.2 Å². The van der Waals surface area contributed by atoms with E-state index in [2.05, 4.69) is 15.5 Å². The fourth-order valence-corrected chi connectivity index (χ4v) is 4.04. The molecular formula is C24H16Cl3F3N4O. The van der Waals surface area contributed by atoms with Crippen molar-refractivity contribution in [2.75, 3.05) is 0 Å². The predicted molar refractivity (Wildman–Crippen MR) is 129 cm³/mol. The van der Waals surface area contributed by atoms with Crippen LogP contribution in [0.1, 0.15) is 11.1 Å². The van der Waals surface area contributed by atoms with Crippen molar-refractivity contribution in [1.82, 2.24) is 20.3 Å². The van der Waals surface area contributed by atoms with Crippen LogP contribution in [0.25, 0.3) is 22.5 Å². The molecule has 180 valence electrons. The van der Waals surface area contributed by atoms with Crippen LogP contribution in [0.2, 0.25) is 15.1 Å². The van der Waals surface area contributed by atoms with Gasteiger partial charge in [-0.1, -0.05) is 65.1 Å². The number of aromatic nitrogens is 3. The summed E-state index contributed by atoms with van der Waals surface area (Å²) in [6.07, 6.45) is -4.52. The van der Waals surface area contributed by atoms with Gasteiger partial charge in [0.25, 0.3) is 0 Å². The van der Waals surface area contributed by atoms with Gasteiger partial charge in [-0.25, -0.2) is 0 Å². The Morgan fingerprint density at radius 2 is 1.54 bits per heavy atom. The summed E-state index contributed by atoms with van der Waals surface area (Å²) in [5.41, 5.74) is 1.23. The first kappa shape index (κ1) is 25.0. The average molecular weight is 540 g/mol. The minimum Gasteiger partial charge on any atom is -0.350 e. The van der Waals surface area contributed by atoms with Crippen molar-refractivity contribution < 1.29 is 18.0 Å². The highest BCUT2D eigenvalue weighted by molar-refractivity contribution is 6.36. The molecule has 1 aromatic heterocycles. The van der Waals surface area contributed by atoms with Gasteiger partial charge in [0.15, 0.2) is 0 Å². The lowest BCUT2D eigenvalue weighted by atomic mass is 10.1. The number of nitrogens with zero attached hydrogens (tertiary/aromatic N) is 3. The first-order chi connectivity index (χ1) is 16.6. The van der Waals surface area contributed by atoms with Crippen molar-refractivity contribution in [3.05, 3.63) is 92.9 Å². The molecule has 4 aromatic rings. The first-order valence-electron chi connectivity index (χ1n) is 10.2. The number of rotatable bonds is 6. The van der Waals surface area contributed by atoms with Crippen molar-refractivity contribution in [2.45, 2.75) is 19.3 Å². The highest BCUT2D eigenvalue weighted by Crippen LogP contribution is 2.35. The highest BCUT2D eigenvalue weighted by atomic mass is 35.5. The number of benzene rings is 3. The summed E-state index contributed by atoms with van der Waals surface area (Å²) in [5, 5.41) is 12.7. The van der Waals surface area contributed by atoms with Crippen LogP contribution >= 0.6 is 34.8 Å². The SMILES string of the molecule is O=C(Cn1nc(-c2ccc(Cl)cc2)c(-c2ccc(Cl)cc2Cl)n1)NCc1ccccc1C(F)(F)F. The lowest BCUT2D eigenvalue weighted by molar-refractivity contribution is -0.138. The van der Waals surface area contributed by atoms with Crippen molar-refractivity contribution in [1.29, 1.82) is 0 Å². The second kappa shape index (κ2) is 10.3. The van der Waals surface area contributed by atoms with Crippen LogP contribution in [-0.4, -0.2) is 20.9 Å². The average Bonchev–Trinajstić information content (AvgIpc) is 3.21. The standard InChI is InChI=1S/C24H16Cl3F3N4O/c25-16-7-5-14(6-8-16)22-23(18-10-9-17(26)11-20(18)27)33-34(32-22)13-21(35)31-12-15-3-1-2-4-19(15)24(28,29)30/h1-11H,12-13H2,(H,31,35). The van der Waals surface area contributed by atoms with Crippen LogP contribution in [0.15, 0.2) is 66.7 Å². The molecule has 1 heterocycles. The minimum absolute atomic E-state index is 0.0442. The maximum atomic E-state index is 13.2. The van der Waals surface area contributed by atoms with Gasteiger partial charge in [0.1, 0.15) is 17.9 Å². The van der Waals surface area contributed by atoms with Gasteiger partial charge in [-0.15, -0.1) is 0 Å². The Hall–Kier alpha value is -3.07. The highest BCUT2D eigenvalue weighted by Gasteiger charge is 2.32. The fourth-order valence-electron chi connectivity index (χ4n) is 3.41. The summed E-state index contributed by atoms with van der Waals surface area (Å²) in [6.45, 7) is -0.615. The van der Waals surface area contributed by atoms with E-state index >= 15 is 0 Å². The third-order valence-electron chi connectivity index (χ3n) is 5.04. The molecule has 1 N–H and O–H groups in total. The number of nitrogens with one attached hydrogen (secondary N) is 1. The molecule has 1 amide bonds. The van der Waals surface area contributed by atoms with E-state index in [1.807, 2.05) is 0 Å². The Balaban J connectivity index is 1.60. The van der Waals surface area contributed by atoms with Gasteiger partial charge in [0.2, 0.25) is 5.91 Å². The fraction of sp³-hybridized carbons (Fsp3) is 0.125. The molecule has 11 heteroatoms. The number of amides is 1. The molecule has 0 bridgehead atoms. The summed E-state index contributed by atoms with van der Waals surface area (Å²) >= 11 is 18.4. The molecule has 0 atom stereocenters.